The maximum absolute atomic E-state index is 10.9. The molecule has 2 fully saturated rings. The summed E-state index contributed by atoms with van der Waals surface area (Å²) in [6.45, 7) is 2.20. The monoisotopic (exact) mass is 248 g/mol. The van der Waals surface area contributed by atoms with Crippen LogP contribution in [0.4, 0.5) is 0 Å². The van der Waals surface area contributed by atoms with Crippen LogP contribution in [0, 0.1) is 17.8 Å². The maximum Gasteiger partial charge on any atom is 0.274 e. The molecule has 2 aliphatic rings. The Labute approximate surface area is 96.6 Å². The zero-order valence-electron chi connectivity index (χ0n) is 9.52. The number of fused-ring (bicyclic) bond motifs is 2. The van der Waals surface area contributed by atoms with Gasteiger partial charge in [0.05, 0.1) is 5.60 Å². The largest absolute Gasteiger partial charge is 0.388 e. The van der Waals surface area contributed by atoms with E-state index < -0.39 is 15.8 Å². The van der Waals surface area contributed by atoms with E-state index in [0.29, 0.717) is 5.92 Å². The van der Waals surface area contributed by atoms with E-state index in [9.17, 15) is 13.5 Å². The van der Waals surface area contributed by atoms with Crippen molar-refractivity contribution in [3.8, 4) is 0 Å². The summed E-state index contributed by atoms with van der Waals surface area (Å²) in [5.74, 6) is 0.899. The van der Waals surface area contributed by atoms with Gasteiger partial charge in [-0.25, -0.2) is 5.14 Å². The predicted molar refractivity (Wildman–Crippen MR) is 60.7 cm³/mol. The van der Waals surface area contributed by atoms with E-state index in [2.05, 4.69) is 11.6 Å². The van der Waals surface area contributed by atoms with Crippen LogP contribution in [0.25, 0.3) is 0 Å². The van der Waals surface area contributed by atoms with Crippen molar-refractivity contribution in [1.29, 1.82) is 0 Å². The molecule has 0 aromatic carbocycles. The minimum atomic E-state index is -3.71. The van der Waals surface area contributed by atoms with Gasteiger partial charge < -0.3 is 5.11 Å². The predicted octanol–water partition coefficient (Wildman–Crippen LogP) is -0.0333. The Morgan fingerprint density at radius 2 is 2.19 bits per heavy atom. The van der Waals surface area contributed by atoms with Gasteiger partial charge in [-0.15, -0.1) is 0 Å². The molecule has 2 rings (SSSR count). The highest BCUT2D eigenvalue weighted by Crippen LogP contribution is 2.52. The Morgan fingerprint density at radius 3 is 2.75 bits per heavy atom. The molecule has 0 heterocycles. The first-order chi connectivity index (χ1) is 7.33. The fraction of sp³-hybridized carbons (Fsp3) is 1.00. The first kappa shape index (κ1) is 12.3. The summed E-state index contributed by atoms with van der Waals surface area (Å²) in [4.78, 5) is 0. The number of nitrogens with two attached hydrogens (primary N) is 1. The summed E-state index contributed by atoms with van der Waals surface area (Å²) < 4.78 is 24.0. The molecule has 0 saturated heterocycles. The number of hydrogen-bond acceptors (Lipinski definition) is 3. The fourth-order valence-corrected chi connectivity index (χ4v) is 4.02. The van der Waals surface area contributed by atoms with E-state index in [1.807, 2.05) is 0 Å². The van der Waals surface area contributed by atoms with Crippen LogP contribution >= 0.6 is 0 Å². The minimum absolute atomic E-state index is 0.0610. The van der Waals surface area contributed by atoms with Crippen molar-refractivity contribution in [3.05, 3.63) is 0 Å². The van der Waals surface area contributed by atoms with Crippen LogP contribution in [-0.4, -0.2) is 25.7 Å². The van der Waals surface area contributed by atoms with Crippen molar-refractivity contribution in [3.63, 3.8) is 0 Å². The van der Waals surface area contributed by atoms with Gasteiger partial charge in [0, 0.05) is 6.54 Å². The molecule has 0 amide bonds. The lowest BCUT2D eigenvalue weighted by molar-refractivity contribution is -0.0587. The molecule has 4 atom stereocenters. The zero-order chi connectivity index (χ0) is 12.0. The Kier molecular flexibility index (Phi) is 3.03. The Bertz CT molecular complexity index is 370. The molecule has 4 N–H and O–H groups in total. The Morgan fingerprint density at radius 1 is 1.50 bits per heavy atom. The molecule has 2 aliphatic carbocycles. The highest BCUT2D eigenvalue weighted by molar-refractivity contribution is 7.87. The smallest absolute Gasteiger partial charge is 0.274 e. The molecule has 5 nitrogen and oxygen atoms in total. The van der Waals surface area contributed by atoms with Crippen LogP contribution in [0.5, 0.6) is 0 Å². The van der Waals surface area contributed by atoms with Gasteiger partial charge in [-0.2, -0.15) is 13.1 Å². The van der Waals surface area contributed by atoms with E-state index in [1.165, 1.54) is 0 Å². The van der Waals surface area contributed by atoms with Gasteiger partial charge in [-0.1, -0.05) is 13.3 Å². The third-order valence-corrected chi connectivity index (χ3v) is 4.86. The van der Waals surface area contributed by atoms with Crippen molar-refractivity contribution in [2.45, 2.75) is 38.2 Å². The van der Waals surface area contributed by atoms with Crippen LogP contribution < -0.4 is 9.86 Å². The Hall–Kier alpha value is -0.170. The van der Waals surface area contributed by atoms with E-state index in [-0.39, 0.29) is 18.4 Å². The van der Waals surface area contributed by atoms with Crippen molar-refractivity contribution in [2.24, 2.45) is 22.9 Å². The number of aliphatic hydroxyl groups is 1. The molecule has 0 radical (unpaired) electrons. The summed E-state index contributed by atoms with van der Waals surface area (Å²) in [5.41, 5.74) is -0.885. The average molecular weight is 248 g/mol. The third kappa shape index (κ3) is 2.11. The Balaban J connectivity index is 2.12. The van der Waals surface area contributed by atoms with Gasteiger partial charge in [0.15, 0.2) is 0 Å². The van der Waals surface area contributed by atoms with Crippen molar-refractivity contribution >= 4 is 10.2 Å². The third-order valence-electron chi connectivity index (χ3n) is 4.32. The molecule has 16 heavy (non-hydrogen) atoms. The first-order valence-corrected chi connectivity index (χ1v) is 7.37. The van der Waals surface area contributed by atoms with Gasteiger partial charge in [0.25, 0.3) is 10.2 Å². The standard InChI is InChI=1S/C10H20N2O3S/c1-7-5-8-3-2-4-9(7)10(8,13)6-12-16(11,14)15/h7-9,12-13H,2-6H2,1H3,(H2,11,14,15)/t7-,8?,9+,10+/m0/s1. The number of rotatable bonds is 3. The highest BCUT2D eigenvalue weighted by Gasteiger charge is 2.54. The summed E-state index contributed by atoms with van der Waals surface area (Å²) in [5, 5.41) is 15.5. The summed E-state index contributed by atoms with van der Waals surface area (Å²) in [6.07, 6.45) is 4.11. The van der Waals surface area contributed by atoms with Gasteiger partial charge in [-0.05, 0) is 37.0 Å². The van der Waals surface area contributed by atoms with Crippen LogP contribution in [0.2, 0.25) is 0 Å². The lowest BCUT2D eigenvalue weighted by atomic mass is 9.73. The first-order valence-electron chi connectivity index (χ1n) is 5.82. The van der Waals surface area contributed by atoms with Gasteiger partial charge in [-0.3, -0.25) is 0 Å². The van der Waals surface area contributed by atoms with Crippen LogP contribution in [0.1, 0.15) is 32.6 Å². The molecular weight excluding hydrogens is 228 g/mol. The quantitative estimate of drug-likeness (QED) is 0.654. The van der Waals surface area contributed by atoms with E-state index in [0.717, 1.165) is 25.7 Å². The SMILES string of the molecule is C[C@H]1CC2CCC[C@H]1[C@@]2(O)CNS(N)(=O)=O. The molecule has 0 aliphatic heterocycles. The summed E-state index contributed by atoms with van der Waals surface area (Å²) in [7, 11) is -3.71. The second-order valence-electron chi connectivity index (χ2n) is 5.30. The van der Waals surface area contributed by atoms with E-state index in [4.69, 9.17) is 5.14 Å². The highest BCUT2D eigenvalue weighted by atomic mass is 32.2. The second-order valence-corrected chi connectivity index (χ2v) is 6.68. The lowest BCUT2D eigenvalue weighted by Crippen LogP contribution is -2.53. The number of nitrogens with one attached hydrogen (secondary N) is 1. The second kappa shape index (κ2) is 3.94. The van der Waals surface area contributed by atoms with Crippen molar-refractivity contribution in [1.82, 2.24) is 4.72 Å². The molecule has 0 aromatic heterocycles. The fourth-order valence-electron chi connectivity index (χ4n) is 3.59. The van der Waals surface area contributed by atoms with E-state index >= 15 is 0 Å². The summed E-state index contributed by atoms with van der Waals surface area (Å²) >= 11 is 0. The minimum Gasteiger partial charge on any atom is -0.388 e. The normalized spacial score (nSPS) is 43.6. The van der Waals surface area contributed by atoms with E-state index in [1.54, 1.807) is 0 Å². The zero-order valence-corrected chi connectivity index (χ0v) is 10.3. The molecule has 0 aromatic rings. The van der Waals surface area contributed by atoms with Crippen molar-refractivity contribution < 1.29 is 13.5 Å². The molecule has 94 valence electrons. The molecule has 0 spiro atoms. The molecule has 6 heteroatoms. The van der Waals surface area contributed by atoms with Crippen LogP contribution in [-0.2, 0) is 10.2 Å². The summed E-state index contributed by atoms with van der Waals surface area (Å²) in [6, 6.07) is 0. The lowest BCUT2D eigenvalue weighted by Gasteiger charge is -2.40. The topological polar surface area (TPSA) is 92.4 Å². The van der Waals surface area contributed by atoms with Crippen LogP contribution in [0.15, 0.2) is 0 Å². The molecular formula is C10H20N2O3S. The van der Waals surface area contributed by atoms with Crippen LogP contribution in [0.3, 0.4) is 0 Å². The maximum atomic E-state index is 10.9. The van der Waals surface area contributed by atoms with Gasteiger partial charge in [0.1, 0.15) is 0 Å². The van der Waals surface area contributed by atoms with Gasteiger partial charge in [0.2, 0.25) is 0 Å². The molecule has 2 saturated carbocycles. The number of hydrogen-bond donors (Lipinski definition) is 3. The van der Waals surface area contributed by atoms with Gasteiger partial charge >= 0.3 is 0 Å². The molecule has 2 bridgehead atoms. The average Bonchev–Trinajstić information content (AvgIpc) is 2.36. The van der Waals surface area contributed by atoms with Crippen molar-refractivity contribution in [2.75, 3.05) is 6.54 Å². The molecule has 1 unspecified atom stereocenters.